The van der Waals surface area contributed by atoms with E-state index in [9.17, 15) is 0 Å². The van der Waals surface area contributed by atoms with Crippen molar-refractivity contribution in [3.8, 4) is 0 Å². The first kappa shape index (κ1) is 11.7. The van der Waals surface area contributed by atoms with Crippen LogP contribution in [0.4, 0.5) is 5.69 Å². The number of oxime groups is 1. The number of amidine groups is 1. The molecule has 0 saturated carbocycles. The second-order valence-electron chi connectivity index (χ2n) is 3.66. The molecule has 17 heavy (non-hydrogen) atoms. The summed E-state index contributed by atoms with van der Waals surface area (Å²) in [4.78, 5) is 4.22. The average Bonchev–Trinajstić information content (AvgIpc) is 2.81. The quantitative estimate of drug-likeness (QED) is 0.250. The van der Waals surface area contributed by atoms with Gasteiger partial charge in [0.25, 0.3) is 0 Å². The summed E-state index contributed by atoms with van der Waals surface area (Å²) in [5, 5.41) is 14.6. The van der Waals surface area contributed by atoms with Crippen molar-refractivity contribution in [2.75, 3.05) is 11.9 Å². The van der Waals surface area contributed by atoms with Crippen LogP contribution >= 0.6 is 11.3 Å². The highest BCUT2D eigenvalue weighted by atomic mass is 32.1. The molecule has 0 amide bonds. The fraction of sp³-hybridized carbons (Fsp3) is 0.273. The molecule has 0 fully saturated rings. The normalized spacial score (nSPS) is 11.9. The van der Waals surface area contributed by atoms with Gasteiger partial charge in [0.05, 0.1) is 15.7 Å². The van der Waals surface area contributed by atoms with Crippen LogP contribution in [0.15, 0.2) is 28.9 Å². The first-order chi connectivity index (χ1) is 8.29. The summed E-state index contributed by atoms with van der Waals surface area (Å²) >= 11 is 1.63. The second kappa shape index (κ2) is 5.49. The van der Waals surface area contributed by atoms with Gasteiger partial charge < -0.3 is 16.3 Å². The Morgan fingerprint density at radius 1 is 1.53 bits per heavy atom. The SMILES string of the molecule is N/C(CCCNc1ccc2ncsc2c1)=N/O. The Bertz CT molecular complexity index is 523. The van der Waals surface area contributed by atoms with E-state index in [1.807, 2.05) is 17.6 Å². The molecule has 0 bridgehead atoms. The molecule has 5 nitrogen and oxygen atoms in total. The van der Waals surface area contributed by atoms with Crippen LogP contribution in [-0.4, -0.2) is 22.6 Å². The highest BCUT2D eigenvalue weighted by Gasteiger charge is 1.98. The number of fused-ring (bicyclic) bond motifs is 1. The molecule has 0 unspecified atom stereocenters. The summed E-state index contributed by atoms with van der Waals surface area (Å²) in [5.41, 5.74) is 9.31. The minimum absolute atomic E-state index is 0.268. The van der Waals surface area contributed by atoms with Crippen LogP contribution < -0.4 is 11.1 Å². The van der Waals surface area contributed by atoms with Gasteiger partial charge in [0.2, 0.25) is 0 Å². The number of nitrogens with zero attached hydrogens (tertiary/aromatic N) is 2. The smallest absolute Gasteiger partial charge is 0.139 e. The summed E-state index contributed by atoms with van der Waals surface area (Å²) in [6.45, 7) is 0.792. The van der Waals surface area contributed by atoms with E-state index < -0.39 is 0 Å². The molecule has 0 saturated heterocycles. The lowest BCUT2D eigenvalue weighted by Gasteiger charge is -2.05. The molecule has 90 valence electrons. The van der Waals surface area contributed by atoms with Gasteiger partial charge in [-0.2, -0.15) is 0 Å². The molecule has 1 aromatic carbocycles. The Labute approximate surface area is 103 Å². The maximum Gasteiger partial charge on any atom is 0.139 e. The van der Waals surface area contributed by atoms with Gasteiger partial charge in [-0.3, -0.25) is 0 Å². The summed E-state index contributed by atoms with van der Waals surface area (Å²) in [7, 11) is 0. The van der Waals surface area contributed by atoms with E-state index >= 15 is 0 Å². The molecule has 2 rings (SSSR count). The number of hydrogen-bond donors (Lipinski definition) is 3. The van der Waals surface area contributed by atoms with E-state index in [1.54, 1.807) is 11.3 Å². The Kier molecular flexibility index (Phi) is 3.77. The van der Waals surface area contributed by atoms with Crippen LogP contribution in [0.5, 0.6) is 0 Å². The number of benzene rings is 1. The van der Waals surface area contributed by atoms with Crippen molar-refractivity contribution in [1.29, 1.82) is 0 Å². The number of aromatic nitrogens is 1. The third-order valence-electron chi connectivity index (χ3n) is 2.40. The lowest BCUT2D eigenvalue weighted by Crippen LogP contribution is -2.13. The molecular formula is C11H14N4OS. The first-order valence-electron chi connectivity index (χ1n) is 5.33. The van der Waals surface area contributed by atoms with Crippen LogP contribution in [0.1, 0.15) is 12.8 Å². The summed E-state index contributed by atoms with van der Waals surface area (Å²) in [6.07, 6.45) is 1.42. The Morgan fingerprint density at radius 3 is 3.24 bits per heavy atom. The zero-order valence-electron chi connectivity index (χ0n) is 9.26. The van der Waals surface area contributed by atoms with Gasteiger partial charge in [0, 0.05) is 18.7 Å². The molecule has 0 atom stereocenters. The van der Waals surface area contributed by atoms with Crippen molar-refractivity contribution >= 4 is 33.1 Å². The Balaban J connectivity index is 1.86. The standard InChI is InChI=1S/C11H14N4OS/c12-11(15-16)2-1-5-13-8-3-4-9-10(6-8)17-7-14-9/h3-4,6-7,13,16H,1-2,5H2,(H2,12,15). The zero-order chi connectivity index (χ0) is 12.1. The number of nitrogens with two attached hydrogens (primary N) is 1. The lowest BCUT2D eigenvalue weighted by atomic mass is 10.2. The van der Waals surface area contributed by atoms with Gasteiger partial charge in [0.15, 0.2) is 0 Å². The van der Waals surface area contributed by atoms with Gasteiger partial charge in [-0.25, -0.2) is 4.98 Å². The van der Waals surface area contributed by atoms with E-state index in [1.165, 1.54) is 4.70 Å². The molecule has 1 aromatic heterocycles. The van der Waals surface area contributed by atoms with Crippen molar-refractivity contribution in [2.24, 2.45) is 10.9 Å². The first-order valence-corrected chi connectivity index (χ1v) is 6.21. The molecule has 0 radical (unpaired) electrons. The van der Waals surface area contributed by atoms with Crippen molar-refractivity contribution < 1.29 is 5.21 Å². The van der Waals surface area contributed by atoms with Crippen molar-refractivity contribution in [1.82, 2.24) is 4.98 Å². The van der Waals surface area contributed by atoms with E-state index in [2.05, 4.69) is 21.5 Å². The van der Waals surface area contributed by atoms with Gasteiger partial charge in [0.1, 0.15) is 5.84 Å². The summed E-state index contributed by atoms with van der Waals surface area (Å²) < 4.78 is 1.17. The lowest BCUT2D eigenvalue weighted by molar-refractivity contribution is 0.316. The third kappa shape index (κ3) is 3.07. The van der Waals surface area contributed by atoms with E-state index in [-0.39, 0.29) is 5.84 Å². The Hall–Kier alpha value is -1.82. The topological polar surface area (TPSA) is 83.5 Å². The van der Waals surface area contributed by atoms with Crippen molar-refractivity contribution in [3.63, 3.8) is 0 Å². The average molecular weight is 250 g/mol. The Morgan fingerprint density at radius 2 is 2.41 bits per heavy atom. The highest BCUT2D eigenvalue weighted by Crippen LogP contribution is 2.21. The largest absolute Gasteiger partial charge is 0.409 e. The molecular weight excluding hydrogens is 236 g/mol. The fourth-order valence-corrected chi connectivity index (χ4v) is 2.23. The van der Waals surface area contributed by atoms with Crippen LogP contribution in [0.25, 0.3) is 10.2 Å². The second-order valence-corrected chi connectivity index (χ2v) is 4.54. The summed E-state index contributed by atoms with van der Waals surface area (Å²) in [6, 6.07) is 6.08. The minimum Gasteiger partial charge on any atom is -0.409 e. The maximum absolute atomic E-state index is 8.38. The molecule has 6 heteroatoms. The van der Waals surface area contributed by atoms with Crippen LogP contribution in [0, 0.1) is 0 Å². The summed E-state index contributed by atoms with van der Waals surface area (Å²) in [5.74, 6) is 0.268. The van der Waals surface area contributed by atoms with Gasteiger partial charge >= 0.3 is 0 Å². The highest BCUT2D eigenvalue weighted by molar-refractivity contribution is 7.16. The van der Waals surface area contributed by atoms with E-state index in [0.717, 1.165) is 24.2 Å². The van der Waals surface area contributed by atoms with Crippen LogP contribution in [0.3, 0.4) is 0 Å². The number of anilines is 1. The zero-order valence-corrected chi connectivity index (χ0v) is 10.1. The van der Waals surface area contributed by atoms with Crippen molar-refractivity contribution in [3.05, 3.63) is 23.7 Å². The van der Waals surface area contributed by atoms with Gasteiger partial charge in [-0.15, -0.1) is 11.3 Å². The molecule has 0 aliphatic heterocycles. The van der Waals surface area contributed by atoms with Crippen molar-refractivity contribution in [2.45, 2.75) is 12.8 Å². The van der Waals surface area contributed by atoms with Gasteiger partial charge in [-0.1, -0.05) is 5.16 Å². The van der Waals surface area contributed by atoms with Crippen LogP contribution in [0.2, 0.25) is 0 Å². The molecule has 1 heterocycles. The molecule has 2 aromatic rings. The number of rotatable bonds is 5. The van der Waals surface area contributed by atoms with E-state index in [4.69, 9.17) is 10.9 Å². The minimum atomic E-state index is 0.268. The monoisotopic (exact) mass is 250 g/mol. The molecule has 0 spiro atoms. The molecule has 0 aliphatic rings. The third-order valence-corrected chi connectivity index (χ3v) is 3.19. The molecule has 4 N–H and O–H groups in total. The van der Waals surface area contributed by atoms with Gasteiger partial charge in [-0.05, 0) is 24.6 Å². The number of hydrogen-bond acceptors (Lipinski definition) is 5. The van der Waals surface area contributed by atoms with E-state index in [0.29, 0.717) is 6.42 Å². The predicted molar refractivity (Wildman–Crippen MR) is 70.8 cm³/mol. The van der Waals surface area contributed by atoms with Crippen LogP contribution in [-0.2, 0) is 0 Å². The number of thiazole rings is 1. The fourth-order valence-electron chi connectivity index (χ4n) is 1.52. The predicted octanol–water partition coefficient (Wildman–Crippen LogP) is 2.23. The molecule has 0 aliphatic carbocycles. The maximum atomic E-state index is 8.38. The number of nitrogens with one attached hydrogen (secondary N) is 1.